The molecule has 1 rings (SSSR count). The van der Waals surface area contributed by atoms with Crippen LogP contribution in [0.1, 0.15) is 10.4 Å². The minimum atomic E-state index is -0.522. The van der Waals surface area contributed by atoms with E-state index < -0.39 is 5.82 Å². The highest BCUT2D eigenvalue weighted by Gasteiger charge is 2.12. The van der Waals surface area contributed by atoms with Crippen molar-refractivity contribution in [1.82, 2.24) is 4.90 Å². The van der Waals surface area contributed by atoms with Crippen molar-refractivity contribution in [2.24, 2.45) is 0 Å². The van der Waals surface area contributed by atoms with Gasteiger partial charge in [0, 0.05) is 5.69 Å². The molecule has 0 amide bonds. The highest BCUT2D eigenvalue weighted by Crippen LogP contribution is 2.12. The summed E-state index contributed by atoms with van der Waals surface area (Å²) in [7, 11) is 3.50. The molecule has 0 saturated heterocycles. The molecule has 0 heterocycles. The number of nitrogen functional groups attached to an aromatic ring is 1. The molecule has 0 spiro atoms. The minimum absolute atomic E-state index is 0.0544. The van der Waals surface area contributed by atoms with Gasteiger partial charge in [-0.1, -0.05) is 0 Å². The maximum Gasteiger partial charge on any atom is 0.179 e. The number of hydrogen-bond acceptors (Lipinski definition) is 3. The molecule has 0 bridgehead atoms. The number of likely N-dealkylation sites (N-methyl/N-ethyl adjacent to an activating group) is 1. The Bertz CT molecular complexity index is 350. The van der Waals surface area contributed by atoms with Gasteiger partial charge in [-0.05, 0) is 32.3 Å². The lowest BCUT2D eigenvalue weighted by Crippen LogP contribution is -2.22. The molecule has 1 aromatic carbocycles. The quantitative estimate of drug-likeness (QED) is 0.582. The van der Waals surface area contributed by atoms with Crippen LogP contribution in [0.3, 0.4) is 0 Å². The molecule has 3 nitrogen and oxygen atoms in total. The van der Waals surface area contributed by atoms with E-state index in [1.807, 2.05) is 0 Å². The summed E-state index contributed by atoms with van der Waals surface area (Å²) < 4.78 is 13.2. The number of anilines is 1. The number of carbonyl (C=O) groups excluding carboxylic acids is 1. The van der Waals surface area contributed by atoms with Crippen LogP contribution in [-0.2, 0) is 0 Å². The first-order chi connectivity index (χ1) is 6.50. The zero-order chi connectivity index (χ0) is 10.7. The standard InChI is InChI=1S/C10H13FN2O/c1-13(2)6-10(14)8-5-7(12)3-4-9(8)11/h3-5H,6,12H2,1-2H3. The third-order valence-electron chi connectivity index (χ3n) is 1.75. The maximum atomic E-state index is 13.2. The molecule has 2 N–H and O–H groups in total. The first-order valence-electron chi connectivity index (χ1n) is 4.23. The fraction of sp³-hybridized carbons (Fsp3) is 0.300. The van der Waals surface area contributed by atoms with Crippen LogP contribution in [0, 0.1) is 5.82 Å². The summed E-state index contributed by atoms with van der Waals surface area (Å²) in [5.74, 6) is -0.786. The highest BCUT2D eigenvalue weighted by molar-refractivity contribution is 5.98. The monoisotopic (exact) mass is 196 g/mol. The molecule has 0 radical (unpaired) electrons. The molecule has 76 valence electrons. The largest absolute Gasteiger partial charge is 0.399 e. The second-order valence-corrected chi connectivity index (χ2v) is 3.40. The highest BCUT2D eigenvalue weighted by atomic mass is 19.1. The Morgan fingerprint density at radius 2 is 2.14 bits per heavy atom. The van der Waals surface area contributed by atoms with Crippen LogP contribution in [0.2, 0.25) is 0 Å². The lowest BCUT2D eigenvalue weighted by molar-refractivity contribution is 0.0954. The molecular formula is C10H13FN2O. The second kappa shape index (κ2) is 4.19. The molecule has 0 aliphatic carbocycles. The predicted octanol–water partition coefficient (Wildman–Crippen LogP) is 1.15. The summed E-state index contributed by atoms with van der Waals surface area (Å²) in [6.45, 7) is 0.181. The summed E-state index contributed by atoms with van der Waals surface area (Å²) in [6, 6.07) is 4.00. The summed E-state index contributed by atoms with van der Waals surface area (Å²) in [4.78, 5) is 13.2. The van der Waals surface area contributed by atoms with Crippen LogP contribution in [0.25, 0.3) is 0 Å². The van der Waals surface area contributed by atoms with Gasteiger partial charge in [-0.15, -0.1) is 0 Å². The van der Waals surface area contributed by atoms with Crippen molar-refractivity contribution >= 4 is 11.5 Å². The molecule has 0 fully saturated rings. The van der Waals surface area contributed by atoms with Crippen molar-refractivity contribution in [1.29, 1.82) is 0 Å². The van der Waals surface area contributed by atoms with Crippen molar-refractivity contribution in [3.05, 3.63) is 29.6 Å². The molecule has 0 saturated carbocycles. The summed E-state index contributed by atoms with van der Waals surface area (Å²) in [6.07, 6.45) is 0. The molecule has 0 aliphatic heterocycles. The zero-order valence-electron chi connectivity index (χ0n) is 8.25. The van der Waals surface area contributed by atoms with Gasteiger partial charge in [-0.3, -0.25) is 4.79 Å². The van der Waals surface area contributed by atoms with Crippen LogP contribution in [-0.4, -0.2) is 31.3 Å². The van der Waals surface area contributed by atoms with Gasteiger partial charge in [-0.25, -0.2) is 4.39 Å². The van der Waals surface area contributed by atoms with E-state index in [0.717, 1.165) is 0 Å². The van der Waals surface area contributed by atoms with Gasteiger partial charge in [0.25, 0.3) is 0 Å². The smallest absolute Gasteiger partial charge is 0.179 e. The van der Waals surface area contributed by atoms with E-state index in [2.05, 4.69) is 0 Å². The van der Waals surface area contributed by atoms with Crippen molar-refractivity contribution < 1.29 is 9.18 Å². The molecule has 4 heteroatoms. The average molecular weight is 196 g/mol. The van der Waals surface area contributed by atoms with E-state index in [0.29, 0.717) is 5.69 Å². The lowest BCUT2D eigenvalue weighted by atomic mass is 10.1. The molecule has 0 atom stereocenters. The fourth-order valence-corrected chi connectivity index (χ4v) is 1.13. The first-order valence-corrected chi connectivity index (χ1v) is 4.23. The number of nitrogens with two attached hydrogens (primary N) is 1. The Kier molecular flexibility index (Phi) is 3.19. The van der Waals surface area contributed by atoms with Crippen molar-refractivity contribution in [3.63, 3.8) is 0 Å². The molecule has 14 heavy (non-hydrogen) atoms. The summed E-state index contributed by atoms with van der Waals surface area (Å²) in [5.41, 5.74) is 5.91. The van der Waals surface area contributed by atoms with Crippen molar-refractivity contribution in [2.45, 2.75) is 0 Å². The van der Waals surface area contributed by atoms with Crippen molar-refractivity contribution in [3.8, 4) is 0 Å². The normalized spacial score (nSPS) is 10.6. The number of ketones is 1. The Labute approximate surface area is 82.3 Å². The Hall–Kier alpha value is -1.42. The number of rotatable bonds is 3. The number of carbonyl (C=O) groups is 1. The van der Waals surface area contributed by atoms with Crippen LogP contribution in [0.15, 0.2) is 18.2 Å². The molecular weight excluding hydrogens is 183 g/mol. The van der Waals surface area contributed by atoms with E-state index >= 15 is 0 Å². The van der Waals surface area contributed by atoms with Gasteiger partial charge < -0.3 is 10.6 Å². The van der Waals surface area contributed by atoms with Crippen LogP contribution < -0.4 is 5.73 Å². The van der Waals surface area contributed by atoms with E-state index in [4.69, 9.17) is 5.73 Å². The number of nitrogens with zero attached hydrogens (tertiary/aromatic N) is 1. The summed E-state index contributed by atoms with van der Waals surface area (Å²) >= 11 is 0. The van der Waals surface area contributed by atoms with Crippen LogP contribution in [0.4, 0.5) is 10.1 Å². The van der Waals surface area contributed by atoms with Gasteiger partial charge in [-0.2, -0.15) is 0 Å². The second-order valence-electron chi connectivity index (χ2n) is 3.40. The number of Topliss-reactive ketones (excluding diaryl/α,β-unsaturated/α-hetero) is 1. The van der Waals surface area contributed by atoms with E-state index in [9.17, 15) is 9.18 Å². The van der Waals surface area contributed by atoms with E-state index in [1.165, 1.54) is 18.2 Å². The fourth-order valence-electron chi connectivity index (χ4n) is 1.13. The first kappa shape index (κ1) is 10.7. The summed E-state index contributed by atoms with van der Waals surface area (Å²) in [5, 5.41) is 0. The molecule has 0 aliphatic rings. The van der Waals surface area contributed by atoms with Crippen LogP contribution >= 0.6 is 0 Å². The zero-order valence-corrected chi connectivity index (χ0v) is 8.25. The van der Waals surface area contributed by atoms with Gasteiger partial charge in [0.2, 0.25) is 0 Å². The average Bonchev–Trinajstić information content (AvgIpc) is 2.08. The maximum absolute atomic E-state index is 13.2. The Balaban J connectivity index is 2.94. The van der Waals surface area contributed by atoms with Gasteiger partial charge in [0.1, 0.15) is 5.82 Å². The Morgan fingerprint density at radius 1 is 1.50 bits per heavy atom. The third-order valence-corrected chi connectivity index (χ3v) is 1.75. The van der Waals surface area contributed by atoms with E-state index in [-0.39, 0.29) is 17.9 Å². The molecule has 0 unspecified atom stereocenters. The predicted molar refractivity (Wildman–Crippen MR) is 53.7 cm³/mol. The lowest BCUT2D eigenvalue weighted by Gasteiger charge is -2.09. The minimum Gasteiger partial charge on any atom is -0.399 e. The van der Waals surface area contributed by atoms with Gasteiger partial charge in [0.05, 0.1) is 12.1 Å². The molecule has 0 aromatic heterocycles. The van der Waals surface area contributed by atoms with Gasteiger partial charge >= 0.3 is 0 Å². The van der Waals surface area contributed by atoms with Gasteiger partial charge in [0.15, 0.2) is 5.78 Å². The topological polar surface area (TPSA) is 46.3 Å². The SMILES string of the molecule is CN(C)CC(=O)c1cc(N)ccc1F. The third kappa shape index (κ3) is 2.53. The number of hydrogen-bond donors (Lipinski definition) is 1. The van der Waals surface area contributed by atoms with Crippen LogP contribution in [0.5, 0.6) is 0 Å². The number of benzene rings is 1. The van der Waals surface area contributed by atoms with Crippen molar-refractivity contribution in [2.75, 3.05) is 26.4 Å². The number of halogens is 1. The Morgan fingerprint density at radius 3 is 2.71 bits per heavy atom. The molecule has 1 aromatic rings. The van der Waals surface area contributed by atoms with E-state index in [1.54, 1.807) is 19.0 Å².